The SMILES string of the molecule is CCCNc1nc(C(C)(C)C)nc(NC(CO)CO)c1C. The summed E-state index contributed by atoms with van der Waals surface area (Å²) in [5, 5.41) is 24.9. The zero-order valence-electron chi connectivity index (χ0n) is 13.7. The van der Waals surface area contributed by atoms with Crippen molar-refractivity contribution in [2.24, 2.45) is 0 Å². The average Bonchev–Trinajstić information content (AvgIpc) is 2.43. The van der Waals surface area contributed by atoms with Gasteiger partial charge in [0.15, 0.2) is 0 Å². The van der Waals surface area contributed by atoms with Gasteiger partial charge in [0.25, 0.3) is 0 Å². The molecule has 0 amide bonds. The number of aliphatic hydroxyl groups excluding tert-OH is 2. The predicted octanol–water partition coefficient (Wildman–Crippen LogP) is 1.67. The average molecular weight is 296 g/mol. The van der Waals surface area contributed by atoms with Gasteiger partial charge in [0.2, 0.25) is 0 Å². The van der Waals surface area contributed by atoms with Gasteiger partial charge < -0.3 is 20.8 Å². The summed E-state index contributed by atoms with van der Waals surface area (Å²) in [5.41, 5.74) is 0.712. The van der Waals surface area contributed by atoms with E-state index in [0.29, 0.717) is 5.82 Å². The fourth-order valence-electron chi connectivity index (χ4n) is 1.75. The third-order valence-corrected chi connectivity index (χ3v) is 3.14. The van der Waals surface area contributed by atoms with Crippen molar-refractivity contribution in [3.05, 3.63) is 11.4 Å². The van der Waals surface area contributed by atoms with Gasteiger partial charge in [0.05, 0.1) is 19.3 Å². The van der Waals surface area contributed by atoms with E-state index in [2.05, 4.69) is 48.3 Å². The highest BCUT2D eigenvalue weighted by Crippen LogP contribution is 2.26. The molecule has 1 aromatic heterocycles. The van der Waals surface area contributed by atoms with Gasteiger partial charge in [0.1, 0.15) is 17.5 Å². The van der Waals surface area contributed by atoms with Crippen LogP contribution in [0.5, 0.6) is 0 Å². The largest absolute Gasteiger partial charge is 0.394 e. The van der Waals surface area contributed by atoms with Crippen LogP contribution >= 0.6 is 0 Å². The van der Waals surface area contributed by atoms with Crippen molar-refractivity contribution in [3.63, 3.8) is 0 Å². The van der Waals surface area contributed by atoms with Crippen LogP contribution in [0.15, 0.2) is 0 Å². The maximum Gasteiger partial charge on any atom is 0.138 e. The topological polar surface area (TPSA) is 90.3 Å². The third kappa shape index (κ3) is 4.82. The Morgan fingerprint density at radius 2 is 1.67 bits per heavy atom. The van der Waals surface area contributed by atoms with Crippen LogP contribution < -0.4 is 10.6 Å². The summed E-state index contributed by atoms with van der Waals surface area (Å²) in [6, 6.07) is -0.426. The van der Waals surface area contributed by atoms with Crippen molar-refractivity contribution in [1.82, 2.24) is 9.97 Å². The predicted molar refractivity (Wildman–Crippen MR) is 85.8 cm³/mol. The molecule has 0 aliphatic heterocycles. The lowest BCUT2D eigenvalue weighted by Gasteiger charge is -2.23. The van der Waals surface area contributed by atoms with Crippen molar-refractivity contribution < 1.29 is 10.2 Å². The number of hydrogen-bond donors (Lipinski definition) is 4. The lowest BCUT2D eigenvalue weighted by atomic mass is 9.95. The molecule has 0 aliphatic carbocycles. The summed E-state index contributed by atoms with van der Waals surface area (Å²) in [4.78, 5) is 9.18. The molecule has 0 bridgehead atoms. The van der Waals surface area contributed by atoms with Gasteiger partial charge in [0, 0.05) is 17.5 Å². The lowest BCUT2D eigenvalue weighted by molar-refractivity contribution is 0.203. The van der Waals surface area contributed by atoms with Crippen molar-refractivity contribution >= 4 is 11.6 Å². The van der Waals surface area contributed by atoms with E-state index in [-0.39, 0.29) is 18.6 Å². The van der Waals surface area contributed by atoms with E-state index in [1.807, 2.05) is 6.92 Å². The van der Waals surface area contributed by atoms with Gasteiger partial charge in [-0.15, -0.1) is 0 Å². The smallest absolute Gasteiger partial charge is 0.138 e. The van der Waals surface area contributed by atoms with E-state index < -0.39 is 6.04 Å². The van der Waals surface area contributed by atoms with Crippen molar-refractivity contribution in [2.75, 3.05) is 30.4 Å². The second-order valence-corrected chi connectivity index (χ2v) is 6.25. The highest BCUT2D eigenvalue weighted by atomic mass is 16.3. The number of rotatable bonds is 7. The second-order valence-electron chi connectivity index (χ2n) is 6.25. The van der Waals surface area contributed by atoms with Gasteiger partial charge in [-0.05, 0) is 13.3 Å². The van der Waals surface area contributed by atoms with Crippen LogP contribution in [-0.4, -0.2) is 46.0 Å². The number of anilines is 2. The van der Waals surface area contributed by atoms with Crippen LogP contribution in [0, 0.1) is 6.92 Å². The molecule has 120 valence electrons. The summed E-state index contributed by atoms with van der Waals surface area (Å²) in [6.45, 7) is 10.7. The van der Waals surface area contributed by atoms with Gasteiger partial charge in [-0.1, -0.05) is 27.7 Å². The van der Waals surface area contributed by atoms with Crippen molar-refractivity contribution in [1.29, 1.82) is 0 Å². The molecule has 1 rings (SSSR count). The fourth-order valence-corrected chi connectivity index (χ4v) is 1.75. The summed E-state index contributed by atoms with van der Waals surface area (Å²) in [5.74, 6) is 2.18. The zero-order valence-corrected chi connectivity index (χ0v) is 13.7. The minimum Gasteiger partial charge on any atom is -0.394 e. The van der Waals surface area contributed by atoms with Crippen LogP contribution in [0.25, 0.3) is 0 Å². The molecule has 0 aromatic carbocycles. The van der Waals surface area contributed by atoms with Gasteiger partial charge in [-0.25, -0.2) is 9.97 Å². The maximum absolute atomic E-state index is 9.24. The molecule has 0 spiro atoms. The maximum atomic E-state index is 9.24. The van der Waals surface area contributed by atoms with Gasteiger partial charge in [-0.2, -0.15) is 0 Å². The van der Waals surface area contributed by atoms with Gasteiger partial charge in [-0.3, -0.25) is 0 Å². The number of nitrogens with zero attached hydrogens (tertiary/aromatic N) is 2. The highest BCUT2D eigenvalue weighted by molar-refractivity contribution is 5.58. The zero-order chi connectivity index (χ0) is 16.0. The third-order valence-electron chi connectivity index (χ3n) is 3.14. The van der Waals surface area contributed by atoms with Crippen molar-refractivity contribution in [3.8, 4) is 0 Å². The van der Waals surface area contributed by atoms with Crippen LogP contribution in [-0.2, 0) is 5.41 Å². The van der Waals surface area contributed by atoms with E-state index in [1.54, 1.807) is 0 Å². The molecule has 1 heterocycles. The summed E-state index contributed by atoms with van der Waals surface area (Å²) in [7, 11) is 0. The normalized spacial score (nSPS) is 11.8. The molecule has 6 heteroatoms. The van der Waals surface area contributed by atoms with Crippen LogP contribution in [0.1, 0.15) is 45.5 Å². The molecule has 1 aromatic rings. The molecule has 0 radical (unpaired) electrons. The van der Waals surface area contributed by atoms with E-state index in [9.17, 15) is 10.2 Å². The van der Waals surface area contributed by atoms with E-state index in [1.165, 1.54) is 0 Å². The first-order valence-corrected chi connectivity index (χ1v) is 7.44. The van der Waals surface area contributed by atoms with E-state index in [0.717, 1.165) is 30.2 Å². The Hall–Kier alpha value is -1.40. The molecule has 4 N–H and O–H groups in total. The Balaban J connectivity index is 3.20. The summed E-state index contributed by atoms with van der Waals surface area (Å²) >= 11 is 0. The molecule has 0 saturated carbocycles. The van der Waals surface area contributed by atoms with Crippen molar-refractivity contribution in [2.45, 2.75) is 52.5 Å². The van der Waals surface area contributed by atoms with Gasteiger partial charge >= 0.3 is 0 Å². The molecule has 0 atom stereocenters. The highest BCUT2D eigenvalue weighted by Gasteiger charge is 2.22. The Labute approximate surface area is 127 Å². The van der Waals surface area contributed by atoms with Crippen LogP contribution in [0.2, 0.25) is 0 Å². The Morgan fingerprint density at radius 1 is 1.10 bits per heavy atom. The molecule has 21 heavy (non-hydrogen) atoms. The van der Waals surface area contributed by atoms with Crippen LogP contribution in [0.4, 0.5) is 11.6 Å². The quantitative estimate of drug-likeness (QED) is 0.612. The Morgan fingerprint density at radius 3 is 2.14 bits per heavy atom. The minimum absolute atomic E-state index is 0.150. The molecule has 0 fully saturated rings. The number of aromatic nitrogens is 2. The summed E-state index contributed by atoms with van der Waals surface area (Å²) < 4.78 is 0. The molecular formula is C15H28N4O2. The van der Waals surface area contributed by atoms with E-state index in [4.69, 9.17) is 0 Å². The Kier molecular flexibility index (Phi) is 6.36. The lowest BCUT2D eigenvalue weighted by Crippen LogP contribution is -2.30. The molecule has 0 aliphatic rings. The number of nitrogens with one attached hydrogen (secondary N) is 2. The molecule has 0 unspecified atom stereocenters. The standard InChI is InChI=1S/C15H28N4O2/c1-6-7-16-12-10(2)13(17-11(8-20)9-21)19-14(18-12)15(3,4)5/h11,20-21H,6-9H2,1-5H3,(H2,16,17,18,19). The first-order valence-electron chi connectivity index (χ1n) is 7.44. The van der Waals surface area contributed by atoms with E-state index >= 15 is 0 Å². The molecular weight excluding hydrogens is 268 g/mol. The fraction of sp³-hybridized carbons (Fsp3) is 0.733. The van der Waals surface area contributed by atoms with Crippen LogP contribution in [0.3, 0.4) is 0 Å². The number of hydrogen-bond acceptors (Lipinski definition) is 6. The molecule has 6 nitrogen and oxygen atoms in total. The minimum atomic E-state index is -0.426. The summed E-state index contributed by atoms with van der Waals surface area (Å²) in [6.07, 6.45) is 1.01. The Bertz CT molecular complexity index is 454. The monoisotopic (exact) mass is 296 g/mol. The first kappa shape index (κ1) is 17.7. The second kappa shape index (κ2) is 7.56. The molecule has 0 saturated heterocycles. The first-order chi connectivity index (χ1) is 9.83. The number of aliphatic hydroxyl groups is 2.